The molecular weight excluding hydrogens is 298 g/mol. The topological polar surface area (TPSA) is 79.9 Å². The van der Waals surface area contributed by atoms with Crippen molar-refractivity contribution in [2.24, 2.45) is 0 Å². The van der Waals surface area contributed by atoms with Crippen LogP contribution in [0.1, 0.15) is 0 Å². The molecule has 0 spiro atoms. The van der Waals surface area contributed by atoms with Crippen LogP contribution in [0.5, 0.6) is 5.75 Å². The first-order valence-corrected chi connectivity index (χ1v) is 7.52. The van der Waals surface area contributed by atoms with E-state index in [0.29, 0.717) is 32.7 Å². The molecule has 7 heteroatoms. The van der Waals surface area contributed by atoms with E-state index in [0.717, 1.165) is 17.7 Å². The number of benzene rings is 1. The van der Waals surface area contributed by atoms with Gasteiger partial charge in [-0.15, -0.1) is 0 Å². The van der Waals surface area contributed by atoms with Gasteiger partial charge in [0, 0.05) is 25.8 Å². The molecule has 23 heavy (non-hydrogen) atoms. The Hall–Kier alpha value is -2.12. The van der Waals surface area contributed by atoms with E-state index in [1.807, 2.05) is 43.3 Å². The van der Waals surface area contributed by atoms with Crippen LogP contribution in [0.15, 0.2) is 24.3 Å². The number of ether oxygens (including phenoxy) is 2. The molecule has 1 atom stereocenters. The highest BCUT2D eigenvalue weighted by Gasteiger charge is 2.09. The first-order chi connectivity index (χ1) is 11.2. The van der Waals surface area contributed by atoms with Gasteiger partial charge in [0.25, 0.3) is 0 Å². The lowest BCUT2D eigenvalue weighted by atomic mass is 10.2. The number of nitrogens with zero attached hydrogens (tertiary/aromatic N) is 1. The molecule has 0 fully saturated rings. The minimum atomic E-state index is -0.134. The van der Waals surface area contributed by atoms with Crippen LogP contribution in [-0.2, 0) is 14.3 Å². The van der Waals surface area contributed by atoms with Crippen molar-refractivity contribution in [1.82, 2.24) is 10.6 Å². The second kappa shape index (κ2) is 11.4. The Morgan fingerprint density at radius 3 is 2.57 bits per heavy atom. The highest BCUT2D eigenvalue weighted by Crippen LogP contribution is 2.19. The number of likely N-dealkylation sites (N-methyl/N-ethyl adjacent to an activating group) is 2. The minimum Gasteiger partial charge on any atom is -0.487 e. The van der Waals surface area contributed by atoms with Gasteiger partial charge in [-0.05, 0) is 31.3 Å². The molecule has 7 nitrogen and oxygen atoms in total. The van der Waals surface area contributed by atoms with Crippen molar-refractivity contribution in [1.29, 1.82) is 0 Å². The van der Waals surface area contributed by atoms with Gasteiger partial charge in [0.1, 0.15) is 24.7 Å². The Kier molecular flexibility index (Phi) is 9.42. The van der Waals surface area contributed by atoms with Crippen LogP contribution in [0.2, 0.25) is 0 Å². The molecule has 2 N–H and O–H groups in total. The maximum atomic E-state index is 10.4. The largest absolute Gasteiger partial charge is 0.487 e. The van der Waals surface area contributed by atoms with Crippen LogP contribution >= 0.6 is 0 Å². The fraction of sp³-hybridized carbons (Fsp3) is 0.500. The van der Waals surface area contributed by atoms with Crippen LogP contribution in [0.3, 0.4) is 0 Å². The molecule has 1 aromatic carbocycles. The van der Waals surface area contributed by atoms with E-state index in [-0.39, 0.29) is 12.7 Å². The Morgan fingerprint density at radius 1 is 1.22 bits per heavy atom. The number of carbonyl (C=O) groups is 2. The lowest BCUT2D eigenvalue weighted by molar-refractivity contribution is -0.112. The highest BCUT2D eigenvalue weighted by atomic mass is 16.5. The van der Waals surface area contributed by atoms with Crippen molar-refractivity contribution >= 4 is 18.4 Å². The van der Waals surface area contributed by atoms with Crippen molar-refractivity contribution in [2.45, 2.75) is 6.10 Å². The zero-order valence-corrected chi connectivity index (χ0v) is 13.7. The van der Waals surface area contributed by atoms with Crippen molar-refractivity contribution in [2.75, 3.05) is 51.8 Å². The third-order valence-corrected chi connectivity index (χ3v) is 3.20. The van der Waals surface area contributed by atoms with Gasteiger partial charge in [0.15, 0.2) is 0 Å². The quantitative estimate of drug-likeness (QED) is 0.394. The van der Waals surface area contributed by atoms with Crippen LogP contribution in [0, 0.1) is 0 Å². The van der Waals surface area contributed by atoms with Crippen LogP contribution in [-0.4, -0.2) is 65.7 Å². The van der Waals surface area contributed by atoms with Gasteiger partial charge >= 0.3 is 0 Å². The van der Waals surface area contributed by atoms with Crippen molar-refractivity contribution in [3.63, 3.8) is 0 Å². The van der Waals surface area contributed by atoms with Crippen molar-refractivity contribution < 1.29 is 19.1 Å². The second-order valence-electron chi connectivity index (χ2n) is 4.98. The molecule has 0 heterocycles. The number of aldehydes is 1. The zero-order chi connectivity index (χ0) is 16.9. The standard InChI is InChI=1S/C16H25N3O4/c1-17-11-16(12-18-13-21)23-15-5-3-14(4-6-15)19(2)7-9-22-10-8-20/h3-6,8,13,16-17H,7,9-12H2,1-2H3,(H,18,21). The van der Waals surface area contributed by atoms with Crippen LogP contribution < -0.4 is 20.3 Å². The Bertz CT molecular complexity index is 453. The molecule has 128 valence electrons. The van der Waals surface area contributed by atoms with Gasteiger partial charge in [-0.25, -0.2) is 0 Å². The van der Waals surface area contributed by atoms with Gasteiger partial charge in [-0.3, -0.25) is 4.79 Å². The number of carbonyl (C=O) groups excluding carboxylic acids is 2. The number of rotatable bonds is 13. The predicted octanol–water partition coefficient (Wildman–Crippen LogP) is 0.0511. The Morgan fingerprint density at radius 2 is 1.96 bits per heavy atom. The normalized spacial score (nSPS) is 11.6. The molecule has 0 saturated heterocycles. The number of anilines is 1. The molecule has 1 amide bonds. The fourth-order valence-electron chi connectivity index (χ4n) is 2.00. The number of amides is 1. The third kappa shape index (κ3) is 7.62. The number of nitrogens with one attached hydrogen (secondary N) is 2. The van der Waals surface area contributed by atoms with E-state index in [2.05, 4.69) is 10.6 Å². The highest BCUT2D eigenvalue weighted by molar-refractivity contribution is 5.50. The van der Waals surface area contributed by atoms with E-state index in [1.165, 1.54) is 0 Å². The monoisotopic (exact) mass is 323 g/mol. The lowest BCUT2D eigenvalue weighted by Gasteiger charge is -2.21. The summed E-state index contributed by atoms with van der Waals surface area (Å²) in [4.78, 5) is 22.6. The second-order valence-corrected chi connectivity index (χ2v) is 4.98. The molecule has 0 aromatic heterocycles. The predicted molar refractivity (Wildman–Crippen MR) is 89.0 cm³/mol. The SMILES string of the molecule is CNCC(CNC=O)Oc1ccc(N(C)CCOCC=O)cc1. The minimum absolute atomic E-state index is 0.127. The van der Waals surface area contributed by atoms with E-state index >= 15 is 0 Å². The van der Waals surface area contributed by atoms with Crippen molar-refractivity contribution in [3.05, 3.63) is 24.3 Å². The van der Waals surface area contributed by atoms with Gasteiger partial charge in [-0.2, -0.15) is 0 Å². The van der Waals surface area contributed by atoms with Gasteiger partial charge in [-0.1, -0.05) is 0 Å². The fourth-order valence-corrected chi connectivity index (χ4v) is 2.00. The first kappa shape index (κ1) is 18.9. The Labute approximate surface area is 136 Å². The van der Waals surface area contributed by atoms with E-state index in [1.54, 1.807) is 0 Å². The summed E-state index contributed by atoms with van der Waals surface area (Å²) in [5.74, 6) is 0.743. The summed E-state index contributed by atoms with van der Waals surface area (Å²) in [7, 11) is 3.79. The van der Waals surface area contributed by atoms with Crippen LogP contribution in [0.4, 0.5) is 5.69 Å². The van der Waals surface area contributed by atoms with Crippen LogP contribution in [0.25, 0.3) is 0 Å². The first-order valence-electron chi connectivity index (χ1n) is 7.52. The average molecular weight is 323 g/mol. The zero-order valence-electron chi connectivity index (χ0n) is 13.7. The summed E-state index contributed by atoms with van der Waals surface area (Å²) in [5, 5.41) is 5.66. The van der Waals surface area contributed by atoms with Crippen molar-refractivity contribution in [3.8, 4) is 5.75 Å². The molecule has 0 saturated carbocycles. The summed E-state index contributed by atoms with van der Waals surface area (Å²) in [6, 6.07) is 7.70. The van der Waals surface area contributed by atoms with E-state index < -0.39 is 0 Å². The molecule has 0 aliphatic rings. The molecule has 1 unspecified atom stereocenters. The maximum Gasteiger partial charge on any atom is 0.207 e. The number of hydrogen-bond donors (Lipinski definition) is 2. The van der Waals surface area contributed by atoms with Gasteiger partial charge in [0.2, 0.25) is 6.41 Å². The van der Waals surface area contributed by atoms with E-state index in [4.69, 9.17) is 9.47 Å². The van der Waals surface area contributed by atoms with E-state index in [9.17, 15) is 9.59 Å². The summed E-state index contributed by atoms with van der Waals surface area (Å²) >= 11 is 0. The molecule has 0 radical (unpaired) electrons. The lowest BCUT2D eigenvalue weighted by Crippen LogP contribution is -2.38. The molecule has 1 aromatic rings. The summed E-state index contributed by atoms with van der Waals surface area (Å²) in [6.07, 6.45) is 1.27. The molecule has 1 rings (SSSR count). The summed E-state index contributed by atoms with van der Waals surface area (Å²) < 4.78 is 11.0. The maximum absolute atomic E-state index is 10.4. The molecular formula is C16H25N3O4. The third-order valence-electron chi connectivity index (χ3n) is 3.20. The van der Waals surface area contributed by atoms with Gasteiger partial charge < -0.3 is 29.8 Å². The summed E-state index contributed by atoms with van der Waals surface area (Å²) in [6.45, 7) is 2.40. The Balaban J connectivity index is 2.50. The van der Waals surface area contributed by atoms with Gasteiger partial charge in [0.05, 0.1) is 13.2 Å². The molecule has 0 bridgehead atoms. The summed E-state index contributed by atoms with van der Waals surface area (Å²) in [5.41, 5.74) is 1.03. The smallest absolute Gasteiger partial charge is 0.207 e. The molecule has 0 aliphatic carbocycles. The average Bonchev–Trinajstić information content (AvgIpc) is 2.57. The number of hydrogen-bond acceptors (Lipinski definition) is 6. The molecule has 0 aliphatic heterocycles.